The summed E-state index contributed by atoms with van der Waals surface area (Å²) in [5.74, 6) is 0.845. The van der Waals surface area contributed by atoms with E-state index in [2.05, 4.69) is 79.2 Å². The van der Waals surface area contributed by atoms with Crippen LogP contribution in [0.5, 0.6) is 0 Å². The van der Waals surface area contributed by atoms with E-state index in [0.29, 0.717) is 6.54 Å². The summed E-state index contributed by atoms with van der Waals surface area (Å²) in [6, 6.07) is 29.2. The zero-order valence-corrected chi connectivity index (χ0v) is 21.2. The quantitative estimate of drug-likeness (QED) is 0.325. The molecule has 7 rings (SSSR count). The first kappa shape index (κ1) is 21.9. The molecule has 182 valence electrons. The van der Waals surface area contributed by atoms with Crippen LogP contribution in [-0.2, 0) is 16.9 Å². The van der Waals surface area contributed by atoms with E-state index >= 15 is 0 Å². The first-order chi connectivity index (χ1) is 18.0. The zero-order valence-electron chi connectivity index (χ0n) is 21.2. The fraction of sp³-hybridized carbons (Fsp3) is 0.188. The summed E-state index contributed by atoms with van der Waals surface area (Å²) in [5.41, 5.74) is 9.31. The van der Waals surface area contributed by atoms with E-state index in [1.54, 1.807) is 0 Å². The summed E-state index contributed by atoms with van der Waals surface area (Å²) in [7, 11) is 0. The van der Waals surface area contributed by atoms with E-state index in [4.69, 9.17) is 4.98 Å². The number of anilines is 2. The summed E-state index contributed by atoms with van der Waals surface area (Å²) in [4.78, 5) is 21.8. The number of aromatic nitrogens is 2. The number of hydrogen-bond donors (Lipinski definition) is 1. The average molecular weight is 485 g/mol. The Balaban J connectivity index is 1.49. The summed E-state index contributed by atoms with van der Waals surface area (Å²) >= 11 is 0. The Labute approximate surface area is 216 Å². The minimum absolute atomic E-state index is 0.0253. The van der Waals surface area contributed by atoms with Gasteiger partial charge in [0.05, 0.1) is 16.7 Å². The normalized spacial score (nSPS) is 17.6. The van der Waals surface area contributed by atoms with Gasteiger partial charge in [-0.1, -0.05) is 54.1 Å². The van der Waals surface area contributed by atoms with Crippen LogP contribution in [0.4, 0.5) is 11.4 Å². The molecule has 2 aliphatic heterocycles. The standard InChI is InChI=1S/C32H28N4O/c1-20-13-14-28-25(17-20)32(31(37)35(28)16-15-23-9-5-4-6-10-23)34-26-12-8-7-11-24(26)30-33-27-18-21(2)22(3)19-29(27)36(30)32/h4-14,17-19,34H,15-16H2,1-3H3. The maximum atomic E-state index is 14.8. The number of carbonyl (C=O) groups is 1. The number of nitrogens with one attached hydrogen (secondary N) is 1. The van der Waals surface area contributed by atoms with Crippen LogP contribution in [0.3, 0.4) is 0 Å². The molecule has 1 atom stereocenters. The molecule has 0 bridgehead atoms. The summed E-state index contributed by atoms with van der Waals surface area (Å²) in [5, 5.41) is 3.73. The topological polar surface area (TPSA) is 50.2 Å². The van der Waals surface area contributed by atoms with Crippen molar-refractivity contribution in [1.82, 2.24) is 9.55 Å². The van der Waals surface area contributed by atoms with Crippen LogP contribution in [0.2, 0.25) is 0 Å². The Hall–Kier alpha value is -4.38. The molecule has 0 fully saturated rings. The van der Waals surface area contributed by atoms with Crippen LogP contribution in [0.15, 0.2) is 84.9 Å². The van der Waals surface area contributed by atoms with Gasteiger partial charge in [-0.3, -0.25) is 9.36 Å². The summed E-state index contributed by atoms with van der Waals surface area (Å²) < 4.78 is 2.15. The maximum absolute atomic E-state index is 14.8. The van der Waals surface area contributed by atoms with Crippen molar-refractivity contribution >= 4 is 28.3 Å². The minimum Gasteiger partial charge on any atom is -0.350 e. The number of para-hydroxylation sites is 1. The maximum Gasteiger partial charge on any atom is 0.279 e. The lowest BCUT2D eigenvalue weighted by atomic mass is 9.94. The van der Waals surface area contributed by atoms with Crippen molar-refractivity contribution in [2.75, 3.05) is 16.8 Å². The number of hydrogen-bond acceptors (Lipinski definition) is 3. The Bertz CT molecular complexity index is 1720. The minimum atomic E-state index is -1.11. The molecule has 1 unspecified atom stereocenters. The highest BCUT2D eigenvalue weighted by Crippen LogP contribution is 2.51. The second-order valence-electron chi connectivity index (χ2n) is 10.3. The highest BCUT2D eigenvalue weighted by atomic mass is 16.2. The Morgan fingerprint density at radius 2 is 1.62 bits per heavy atom. The number of rotatable bonds is 3. The number of carbonyl (C=O) groups excluding carboxylic acids is 1. The first-order valence-corrected chi connectivity index (χ1v) is 12.8. The second-order valence-corrected chi connectivity index (χ2v) is 10.3. The fourth-order valence-corrected chi connectivity index (χ4v) is 5.93. The van der Waals surface area contributed by atoms with Gasteiger partial charge < -0.3 is 10.2 Å². The van der Waals surface area contributed by atoms with Gasteiger partial charge in [0.15, 0.2) is 0 Å². The van der Waals surface area contributed by atoms with Gasteiger partial charge in [0.25, 0.3) is 5.91 Å². The summed E-state index contributed by atoms with van der Waals surface area (Å²) in [6.45, 7) is 6.92. The van der Waals surface area contributed by atoms with Crippen molar-refractivity contribution < 1.29 is 4.79 Å². The molecule has 0 saturated heterocycles. The molecule has 0 radical (unpaired) electrons. The number of benzene rings is 4. The van der Waals surface area contributed by atoms with Crippen molar-refractivity contribution in [2.24, 2.45) is 0 Å². The second kappa shape index (κ2) is 7.81. The lowest BCUT2D eigenvalue weighted by Gasteiger charge is -2.38. The predicted molar refractivity (Wildman–Crippen MR) is 149 cm³/mol. The van der Waals surface area contributed by atoms with Gasteiger partial charge in [0, 0.05) is 23.4 Å². The molecule has 0 saturated carbocycles. The third-order valence-corrected chi connectivity index (χ3v) is 7.94. The number of imidazole rings is 1. The monoisotopic (exact) mass is 484 g/mol. The molecule has 5 heteroatoms. The van der Waals surface area contributed by atoms with E-state index in [9.17, 15) is 4.79 Å². The average Bonchev–Trinajstić information content (AvgIpc) is 3.37. The molecule has 2 aliphatic rings. The zero-order chi connectivity index (χ0) is 25.3. The Kier molecular flexibility index (Phi) is 4.61. The van der Waals surface area contributed by atoms with E-state index in [0.717, 1.165) is 51.3 Å². The number of amides is 1. The molecule has 5 nitrogen and oxygen atoms in total. The predicted octanol–water partition coefficient (Wildman–Crippen LogP) is 6.34. The van der Waals surface area contributed by atoms with Gasteiger partial charge in [-0.05, 0) is 80.3 Å². The van der Waals surface area contributed by atoms with Gasteiger partial charge in [0.2, 0.25) is 5.66 Å². The van der Waals surface area contributed by atoms with E-state index in [1.807, 2.05) is 41.3 Å². The fourth-order valence-electron chi connectivity index (χ4n) is 5.93. The van der Waals surface area contributed by atoms with Crippen LogP contribution < -0.4 is 10.2 Å². The highest BCUT2D eigenvalue weighted by Gasteiger charge is 2.56. The van der Waals surface area contributed by atoms with Crippen LogP contribution in [0.25, 0.3) is 22.4 Å². The van der Waals surface area contributed by atoms with E-state index in [-0.39, 0.29) is 5.91 Å². The lowest BCUT2D eigenvalue weighted by Crippen LogP contribution is -2.53. The Morgan fingerprint density at radius 3 is 2.46 bits per heavy atom. The van der Waals surface area contributed by atoms with Gasteiger partial charge in [-0.15, -0.1) is 0 Å². The SMILES string of the molecule is Cc1ccc2c(c1)C1(Nc3ccccc3-c3nc4cc(C)c(C)cc4n31)C(=O)N2CCc1ccccc1. The van der Waals surface area contributed by atoms with Crippen molar-refractivity contribution in [2.45, 2.75) is 32.9 Å². The van der Waals surface area contributed by atoms with Crippen molar-refractivity contribution in [1.29, 1.82) is 0 Å². The molecule has 1 aromatic heterocycles. The van der Waals surface area contributed by atoms with Crippen LogP contribution >= 0.6 is 0 Å². The number of fused-ring (bicyclic) bond motifs is 8. The van der Waals surface area contributed by atoms with Gasteiger partial charge in [-0.25, -0.2) is 4.98 Å². The largest absolute Gasteiger partial charge is 0.350 e. The molecule has 1 N–H and O–H groups in total. The van der Waals surface area contributed by atoms with Gasteiger partial charge >= 0.3 is 0 Å². The van der Waals surface area contributed by atoms with E-state index in [1.165, 1.54) is 16.7 Å². The molecule has 5 aromatic rings. The molecular weight excluding hydrogens is 456 g/mol. The molecular formula is C32H28N4O. The highest BCUT2D eigenvalue weighted by molar-refractivity contribution is 6.12. The molecule has 1 amide bonds. The number of aryl methyl sites for hydroxylation is 3. The van der Waals surface area contributed by atoms with Crippen LogP contribution in [-0.4, -0.2) is 22.0 Å². The van der Waals surface area contributed by atoms with Crippen molar-refractivity contribution in [3.63, 3.8) is 0 Å². The molecule has 4 aromatic carbocycles. The van der Waals surface area contributed by atoms with Crippen molar-refractivity contribution in [3.8, 4) is 11.4 Å². The van der Waals surface area contributed by atoms with Crippen LogP contribution in [0.1, 0.15) is 27.8 Å². The van der Waals surface area contributed by atoms with Crippen molar-refractivity contribution in [3.05, 3.63) is 113 Å². The first-order valence-electron chi connectivity index (χ1n) is 12.8. The smallest absolute Gasteiger partial charge is 0.279 e. The molecule has 3 heterocycles. The molecule has 0 aliphatic carbocycles. The third kappa shape index (κ3) is 3.03. The molecule has 1 spiro atoms. The lowest BCUT2D eigenvalue weighted by molar-refractivity contribution is -0.123. The number of nitrogens with zero attached hydrogens (tertiary/aromatic N) is 3. The summed E-state index contributed by atoms with van der Waals surface area (Å²) in [6.07, 6.45) is 0.780. The van der Waals surface area contributed by atoms with Crippen LogP contribution in [0, 0.1) is 20.8 Å². The van der Waals surface area contributed by atoms with Gasteiger partial charge in [0.1, 0.15) is 5.82 Å². The van der Waals surface area contributed by atoms with E-state index < -0.39 is 5.66 Å². The Morgan fingerprint density at radius 1 is 0.865 bits per heavy atom. The molecule has 37 heavy (non-hydrogen) atoms. The third-order valence-electron chi connectivity index (χ3n) is 7.94. The van der Waals surface area contributed by atoms with Gasteiger partial charge in [-0.2, -0.15) is 0 Å².